The Hall–Kier alpha value is -2.38. The van der Waals surface area contributed by atoms with Crippen molar-refractivity contribution in [2.24, 2.45) is 5.73 Å². The van der Waals surface area contributed by atoms with E-state index >= 15 is 0 Å². The molecule has 0 fully saturated rings. The monoisotopic (exact) mass is 284 g/mol. The third-order valence-corrected chi connectivity index (χ3v) is 3.19. The quantitative estimate of drug-likeness (QED) is 0.935. The van der Waals surface area contributed by atoms with Gasteiger partial charge in [-0.2, -0.15) is 5.26 Å². The highest BCUT2D eigenvalue weighted by atomic mass is 19.1. The van der Waals surface area contributed by atoms with Crippen molar-refractivity contribution in [3.8, 4) is 11.8 Å². The van der Waals surface area contributed by atoms with Crippen molar-refractivity contribution in [1.29, 1.82) is 5.26 Å². The van der Waals surface area contributed by atoms with Gasteiger partial charge in [0.25, 0.3) is 0 Å². The summed E-state index contributed by atoms with van der Waals surface area (Å²) in [5.41, 5.74) is 7.88. The van der Waals surface area contributed by atoms with Gasteiger partial charge in [0.15, 0.2) is 0 Å². The van der Waals surface area contributed by atoms with Gasteiger partial charge in [-0.25, -0.2) is 4.39 Å². The Labute approximate surface area is 123 Å². The van der Waals surface area contributed by atoms with Gasteiger partial charge in [0.1, 0.15) is 29.3 Å². The molecule has 0 saturated carbocycles. The van der Waals surface area contributed by atoms with Crippen LogP contribution in [0.4, 0.5) is 4.39 Å². The molecule has 2 atom stereocenters. The molecule has 2 aromatic carbocycles. The first-order valence-electron chi connectivity index (χ1n) is 6.70. The van der Waals surface area contributed by atoms with Crippen LogP contribution < -0.4 is 10.5 Å². The minimum atomic E-state index is -0.595. The zero-order chi connectivity index (χ0) is 15.4. The number of nitriles is 1. The highest BCUT2D eigenvalue weighted by Crippen LogP contribution is 2.28. The van der Waals surface area contributed by atoms with Gasteiger partial charge in [-0.15, -0.1) is 0 Å². The summed E-state index contributed by atoms with van der Waals surface area (Å²) >= 11 is 0. The molecule has 2 rings (SSSR count). The number of nitrogens with two attached hydrogens (primary N) is 1. The second-order valence-corrected chi connectivity index (χ2v) is 5.04. The number of nitrogens with zero attached hydrogens (tertiary/aromatic N) is 1. The standard InChI is InChI=1S/C17H17FN2O/c1-11-5-3-6-13(9-11)17(12(2)20)21-16-8-4-7-15(18)14(16)10-19/h3-9,12,17H,20H2,1-2H3. The van der Waals surface area contributed by atoms with Gasteiger partial charge in [0.05, 0.1) is 0 Å². The lowest BCUT2D eigenvalue weighted by molar-refractivity contribution is 0.179. The lowest BCUT2D eigenvalue weighted by atomic mass is 10.0. The van der Waals surface area contributed by atoms with Gasteiger partial charge in [0, 0.05) is 6.04 Å². The molecule has 21 heavy (non-hydrogen) atoms. The van der Waals surface area contributed by atoms with E-state index in [1.165, 1.54) is 12.1 Å². The van der Waals surface area contributed by atoms with E-state index < -0.39 is 11.9 Å². The van der Waals surface area contributed by atoms with Crippen molar-refractivity contribution in [3.05, 3.63) is 65.0 Å². The van der Waals surface area contributed by atoms with Gasteiger partial charge in [-0.1, -0.05) is 35.9 Å². The SMILES string of the molecule is Cc1cccc(C(Oc2cccc(F)c2C#N)C(C)N)c1. The number of ether oxygens (including phenoxy) is 1. The van der Waals surface area contributed by atoms with E-state index in [9.17, 15) is 4.39 Å². The number of benzene rings is 2. The maximum Gasteiger partial charge on any atom is 0.144 e. The molecular weight excluding hydrogens is 267 g/mol. The Kier molecular flexibility index (Phi) is 4.56. The fraction of sp³-hybridized carbons (Fsp3) is 0.235. The summed E-state index contributed by atoms with van der Waals surface area (Å²) in [6.07, 6.45) is -0.446. The summed E-state index contributed by atoms with van der Waals surface area (Å²) < 4.78 is 19.5. The largest absolute Gasteiger partial charge is 0.483 e. The van der Waals surface area contributed by atoms with Crippen LogP contribution in [0.5, 0.6) is 5.75 Å². The average Bonchev–Trinajstić information content (AvgIpc) is 2.44. The molecule has 2 N–H and O–H groups in total. The third kappa shape index (κ3) is 3.39. The summed E-state index contributed by atoms with van der Waals surface area (Å²) in [5, 5.41) is 9.06. The molecule has 0 aliphatic heterocycles. The topological polar surface area (TPSA) is 59.0 Å². The van der Waals surface area contributed by atoms with Crippen molar-refractivity contribution in [3.63, 3.8) is 0 Å². The number of rotatable bonds is 4. The van der Waals surface area contributed by atoms with E-state index in [0.717, 1.165) is 11.1 Å². The van der Waals surface area contributed by atoms with Crippen LogP contribution in [0.15, 0.2) is 42.5 Å². The fourth-order valence-electron chi connectivity index (χ4n) is 2.17. The maximum atomic E-state index is 13.6. The average molecular weight is 284 g/mol. The zero-order valence-electron chi connectivity index (χ0n) is 12.0. The highest BCUT2D eigenvalue weighted by Gasteiger charge is 2.21. The second kappa shape index (κ2) is 6.38. The lowest BCUT2D eigenvalue weighted by Crippen LogP contribution is -2.29. The van der Waals surface area contributed by atoms with E-state index in [2.05, 4.69) is 0 Å². The van der Waals surface area contributed by atoms with Crippen molar-refractivity contribution < 1.29 is 9.13 Å². The first kappa shape index (κ1) is 15.0. The summed E-state index contributed by atoms with van der Waals surface area (Å²) in [6.45, 7) is 3.79. The molecule has 0 saturated heterocycles. The van der Waals surface area contributed by atoms with Gasteiger partial charge in [0.2, 0.25) is 0 Å². The van der Waals surface area contributed by atoms with Crippen LogP contribution in [0.25, 0.3) is 0 Å². The number of hydrogen-bond donors (Lipinski definition) is 1. The second-order valence-electron chi connectivity index (χ2n) is 5.04. The van der Waals surface area contributed by atoms with Crippen LogP contribution in [-0.2, 0) is 0 Å². The Morgan fingerprint density at radius 1 is 1.24 bits per heavy atom. The number of halogens is 1. The van der Waals surface area contributed by atoms with Crippen LogP contribution in [0.2, 0.25) is 0 Å². The molecule has 0 aliphatic carbocycles. The normalized spacial score (nSPS) is 13.3. The van der Waals surface area contributed by atoms with E-state index in [1.807, 2.05) is 44.2 Å². The summed E-state index contributed by atoms with van der Waals surface area (Å²) in [7, 11) is 0. The molecular formula is C17H17FN2O. The summed E-state index contributed by atoms with van der Waals surface area (Å²) in [5.74, 6) is -0.385. The van der Waals surface area contributed by atoms with E-state index in [1.54, 1.807) is 6.07 Å². The molecule has 2 unspecified atom stereocenters. The molecule has 0 radical (unpaired) electrons. The first-order valence-corrected chi connectivity index (χ1v) is 6.70. The zero-order valence-corrected chi connectivity index (χ0v) is 12.0. The molecule has 0 aliphatic rings. The van der Waals surface area contributed by atoms with Crippen molar-refractivity contribution in [2.45, 2.75) is 26.0 Å². The van der Waals surface area contributed by atoms with Crippen LogP contribution in [0, 0.1) is 24.1 Å². The van der Waals surface area contributed by atoms with E-state index in [4.69, 9.17) is 15.7 Å². The van der Waals surface area contributed by atoms with Gasteiger partial charge < -0.3 is 10.5 Å². The minimum absolute atomic E-state index is 0.101. The Morgan fingerprint density at radius 3 is 2.57 bits per heavy atom. The highest BCUT2D eigenvalue weighted by molar-refractivity contribution is 5.44. The van der Waals surface area contributed by atoms with Crippen LogP contribution in [0.3, 0.4) is 0 Å². The third-order valence-electron chi connectivity index (χ3n) is 3.19. The van der Waals surface area contributed by atoms with E-state index in [-0.39, 0.29) is 17.4 Å². The first-order chi connectivity index (χ1) is 10.0. The molecule has 0 heterocycles. The van der Waals surface area contributed by atoms with Crippen molar-refractivity contribution in [1.82, 2.24) is 0 Å². The Balaban J connectivity index is 2.39. The minimum Gasteiger partial charge on any atom is -0.483 e. The summed E-state index contributed by atoms with van der Waals surface area (Å²) in [4.78, 5) is 0. The van der Waals surface area contributed by atoms with Crippen LogP contribution >= 0.6 is 0 Å². The number of aryl methyl sites for hydroxylation is 1. The maximum absolute atomic E-state index is 13.6. The Bertz CT molecular complexity index is 677. The van der Waals surface area contributed by atoms with Crippen molar-refractivity contribution >= 4 is 0 Å². The fourth-order valence-corrected chi connectivity index (χ4v) is 2.17. The van der Waals surface area contributed by atoms with Crippen molar-refractivity contribution in [2.75, 3.05) is 0 Å². The molecule has 2 aromatic rings. The molecule has 0 bridgehead atoms. The van der Waals surface area contributed by atoms with Gasteiger partial charge >= 0.3 is 0 Å². The van der Waals surface area contributed by atoms with Crippen LogP contribution in [-0.4, -0.2) is 6.04 Å². The van der Waals surface area contributed by atoms with Gasteiger partial charge in [-0.05, 0) is 31.5 Å². The predicted molar refractivity (Wildman–Crippen MR) is 79.3 cm³/mol. The van der Waals surface area contributed by atoms with Gasteiger partial charge in [-0.3, -0.25) is 0 Å². The summed E-state index contributed by atoms with van der Waals surface area (Å²) in [6, 6.07) is 13.6. The molecule has 4 heteroatoms. The molecule has 0 spiro atoms. The Morgan fingerprint density at radius 2 is 1.95 bits per heavy atom. The number of hydrogen-bond acceptors (Lipinski definition) is 3. The lowest BCUT2D eigenvalue weighted by Gasteiger charge is -2.24. The van der Waals surface area contributed by atoms with Crippen LogP contribution in [0.1, 0.15) is 29.7 Å². The molecule has 3 nitrogen and oxygen atoms in total. The van der Waals surface area contributed by atoms with E-state index in [0.29, 0.717) is 0 Å². The molecule has 108 valence electrons. The molecule has 0 amide bonds. The molecule has 0 aromatic heterocycles. The predicted octanol–water partition coefficient (Wildman–Crippen LogP) is 3.47. The smallest absolute Gasteiger partial charge is 0.144 e.